The van der Waals surface area contributed by atoms with E-state index in [0.717, 1.165) is 0 Å². The summed E-state index contributed by atoms with van der Waals surface area (Å²) in [6, 6.07) is 0. The van der Waals surface area contributed by atoms with Gasteiger partial charge in [-0.2, -0.15) is 0 Å². The molecule has 0 aliphatic heterocycles. The van der Waals surface area contributed by atoms with Crippen molar-refractivity contribution in [1.29, 1.82) is 0 Å². The molecule has 0 fully saturated rings. The summed E-state index contributed by atoms with van der Waals surface area (Å²) in [5.74, 6) is 0.195. The van der Waals surface area contributed by atoms with Crippen LogP contribution in [0.5, 0.6) is 0 Å². The van der Waals surface area contributed by atoms with Crippen molar-refractivity contribution >= 4 is 10.0 Å². The van der Waals surface area contributed by atoms with E-state index in [4.69, 9.17) is 0 Å². The molecule has 86 valence electrons. The van der Waals surface area contributed by atoms with Crippen LogP contribution in [0.3, 0.4) is 0 Å². The first-order valence-electron chi connectivity index (χ1n) is 4.78. The molecular weight excluding hydrogens is 200 g/mol. The van der Waals surface area contributed by atoms with Gasteiger partial charge in [0.25, 0.3) is 0 Å². The molecule has 0 amide bonds. The number of hydrogen-bond donors (Lipinski definition) is 1. The summed E-state index contributed by atoms with van der Waals surface area (Å²) < 4.78 is 24.9. The SMILES string of the molecule is CNCCN(C)S(=O)(=O)CC(C)(C)C. The maximum Gasteiger partial charge on any atom is 0.214 e. The molecule has 0 unspecified atom stereocenters. The number of likely N-dealkylation sites (N-methyl/N-ethyl adjacent to an activating group) is 2. The second kappa shape index (κ2) is 5.09. The third kappa shape index (κ3) is 5.57. The van der Waals surface area contributed by atoms with Crippen LogP contribution in [-0.4, -0.2) is 45.7 Å². The second-order valence-electron chi connectivity index (χ2n) is 4.74. The van der Waals surface area contributed by atoms with Crippen molar-refractivity contribution in [2.45, 2.75) is 20.8 Å². The fourth-order valence-electron chi connectivity index (χ4n) is 1.07. The lowest BCUT2D eigenvalue weighted by molar-refractivity contribution is 0.421. The predicted octanol–water partition coefficient (Wildman–Crippen LogP) is 0.513. The highest BCUT2D eigenvalue weighted by atomic mass is 32.2. The van der Waals surface area contributed by atoms with Crippen LogP contribution in [0.25, 0.3) is 0 Å². The molecule has 0 atom stereocenters. The minimum atomic E-state index is -3.10. The van der Waals surface area contributed by atoms with Gasteiger partial charge in [0.1, 0.15) is 0 Å². The van der Waals surface area contributed by atoms with Gasteiger partial charge >= 0.3 is 0 Å². The molecule has 0 aromatic carbocycles. The Morgan fingerprint density at radius 1 is 1.29 bits per heavy atom. The van der Waals surface area contributed by atoms with E-state index < -0.39 is 10.0 Å². The average molecular weight is 222 g/mol. The zero-order valence-electron chi connectivity index (χ0n) is 9.79. The van der Waals surface area contributed by atoms with Gasteiger partial charge in [0.15, 0.2) is 0 Å². The Bertz CT molecular complexity index is 254. The number of sulfonamides is 1. The highest BCUT2D eigenvalue weighted by Crippen LogP contribution is 2.17. The first-order chi connectivity index (χ1) is 6.19. The van der Waals surface area contributed by atoms with Gasteiger partial charge < -0.3 is 5.32 Å². The Morgan fingerprint density at radius 2 is 1.79 bits per heavy atom. The minimum absolute atomic E-state index is 0.188. The largest absolute Gasteiger partial charge is 0.318 e. The summed E-state index contributed by atoms with van der Waals surface area (Å²) in [6.07, 6.45) is 0. The molecule has 0 saturated carbocycles. The molecule has 1 N–H and O–H groups in total. The van der Waals surface area contributed by atoms with Gasteiger partial charge in [-0.25, -0.2) is 12.7 Å². The standard InChI is InChI=1S/C9H22N2O2S/c1-9(2,3)8-14(12,13)11(5)7-6-10-4/h10H,6-8H2,1-5H3. The maximum atomic E-state index is 11.8. The molecular formula is C9H22N2O2S. The van der Waals surface area contributed by atoms with E-state index >= 15 is 0 Å². The Labute approximate surface area is 87.7 Å². The van der Waals surface area contributed by atoms with E-state index in [1.54, 1.807) is 7.05 Å². The normalized spacial score (nSPS) is 13.6. The fraction of sp³-hybridized carbons (Fsp3) is 1.00. The third-order valence-corrected chi connectivity index (χ3v) is 4.13. The van der Waals surface area contributed by atoms with E-state index in [-0.39, 0.29) is 11.2 Å². The molecule has 0 aromatic heterocycles. The van der Waals surface area contributed by atoms with Gasteiger partial charge in [-0.1, -0.05) is 20.8 Å². The molecule has 0 saturated heterocycles. The lowest BCUT2D eigenvalue weighted by Gasteiger charge is -2.23. The van der Waals surface area contributed by atoms with Gasteiger partial charge in [-0.3, -0.25) is 0 Å². The van der Waals surface area contributed by atoms with Crippen molar-refractivity contribution in [1.82, 2.24) is 9.62 Å². The molecule has 0 aliphatic carbocycles. The maximum absolute atomic E-state index is 11.8. The molecule has 0 rings (SSSR count). The zero-order chi connectivity index (χ0) is 11.4. The van der Waals surface area contributed by atoms with E-state index in [2.05, 4.69) is 5.32 Å². The van der Waals surface area contributed by atoms with E-state index in [0.29, 0.717) is 13.1 Å². The first-order valence-corrected chi connectivity index (χ1v) is 6.38. The molecule has 4 nitrogen and oxygen atoms in total. The second-order valence-corrected chi connectivity index (χ2v) is 6.82. The van der Waals surface area contributed by atoms with Crippen LogP contribution >= 0.6 is 0 Å². The number of hydrogen-bond acceptors (Lipinski definition) is 3. The summed E-state index contributed by atoms with van der Waals surface area (Å²) in [5, 5.41) is 2.93. The van der Waals surface area contributed by atoms with Crippen molar-refractivity contribution in [2.75, 3.05) is 32.9 Å². The molecule has 0 spiro atoms. The summed E-state index contributed by atoms with van der Waals surface area (Å²) in [5.41, 5.74) is -0.188. The van der Waals surface area contributed by atoms with E-state index in [9.17, 15) is 8.42 Å². The van der Waals surface area contributed by atoms with Crippen molar-refractivity contribution in [2.24, 2.45) is 5.41 Å². The third-order valence-electron chi connectivity index (χ3n) is 1.77. The Balaban J connectivity index is 4.32. The lowest BCUT2D eigenvalue weighted by atomic mass is 10.0. The molecule has 0 aromatic rings. The van der Waals surface area contributed by atoms with E-state index in [1.807, 2.05) is 27.8 Å². The van der Waals surface area contributed by atoms with Gasteiger partial charge in [-0.05, 0) is 12.5 Å². The van der Waals surface area contributed by atoms with Gasteiger partial charge in [0.05, 0.1) is 5.75 Å². The molecule has 0 bridgehead atoms. The summed E-state index contributed by atoms with van der Waals surface area (Å²) in [4.78, 5) is 0. The number of nitrogens with zero attached hydrogens (tertiary/aromatic N) is 1. The molecule has 0 heterocycles. The first kappa shape index (κ1) is 13.9. The summed E-state index contributed by atoms with van der Waals surface area (Å²) in [7, 11) is 0.336. The monoisotopic (exact) mass is 222 g/mol. The Morgan fingerprint density at radius 3 is 2.14 bits per heavy atom. The highest BCUT2D eigenvalue weighted by Gasteiger charge is 2.24. The zero-order valence-corrected chi connectivity index (χ0v) is 10.6. The Hall–Kier alpha value is -0.130. The quantitative estimate of drug-likeness (QED) is 0.737. The Kier molecular flexibility index (Phi) is 5.05. The fourth-order valence-corrected chi connectivity index (χ4v) is 2.75. The lowest BCUT2D eigenvalue weighted by Crippen LogP contribution is -2.37. The van der Waals surface area contributed by atoms with Crippen LogP contribution < -0.4 is 5.32 Å². The van der Waals surface area contributed by atoms with E-state index in [1.165, 1.54) is 4.31 Å². The predicted molar refractivity (Wildman–Crippen MR) is 59.8 cm³/mol. The molecule has 14 heavy (non-hydrogen) atoms. The number of rotatable bonds is 5. The van der Waals surface area contributed by atoms with Crippen molar-refractivity contribution in [3.8, 4) is 0 Å². The minimum Gasteiger partial charge on any atom is -0.318 e. The van der Waals surface area contributed by atoms with Crippen LogP contribution in [0.2, 0.25) is 0 Å². The van der Waals surface area contributed by atoms with Gasteiger partial charge in [-0.15, -0.1) is 0 Å². The van der Waals surface area contributed by atoms with Crippen LogP contribution in [0.4, 0.5) is 0 Å². The van der Waals surface area contributed by atoms with Gasteiger partial charge in [0, 0.05) is 20.1 Å². The number of nitrogens with one attached hydrogen (secondary N) is 1. The topological polar surface area (TPSA) is 49.4 Å². The molecule has 0 radical (unpaired) electrons. The highest BCUT2D eigenvalue weighted by molar-refractivity contribution is 7.89. The van der Waals surface area contributed by atoms with Crippen molar-refractivity contribution < 1.29 is 8.42 Å². The van der Waals surface area contributed by atoms with Crippen molar-refractivity contribution in [3.63, 3.8) is 0 Å². The molecule has 5 heteroatoms. The summed E-state index contributed by atoms with van der Waals surface area (Å²) in [6.45, 7) is 6.98. The van der Waals surface area contributed by atoms with Crippen LogP contribution in [0, 0.1) is 5.41 Å². The van der Waals surface area contributed by atoms with Crippen LogP contribution in [0.15, 0.2) is 0 Å². The van der Waals surface area contributed by atoms with Crippen molar-refractivity contribution in [3.05, 3.63) is 0 Å². The van der Waals surface area contributed by atoms with Gasteiger partial charge in [0.2, 0.25) is 10.0 Å². The van der Waals surface area contributed by atoms with Crippen LogP contribution in [-0.2, 0) is 10.0 Å². The van der Waals surface area contributed by atoms with Crippen LogP contribution in [0.1, 0.15) is 20.8 Å². The smallest absolute Gasteiger partial charge is 0.214 e. The average Bonchev–Trinajstić information content (AvgIpc) is 1.95. The summed E-state index contributed by atoms with van der Waals surface area (Å²) >= 11 is 0. The molecule has 0 aliphatic rings.